The predicted octanol–water partition coefficient (Wildman–Crippen LogP) is 2.15. The van der Waals surface area contributed by atoms with E-state index >= 15 is 0 Å². The van der Waals surface area contributed by atoms with Crippen molar-refractivity contribution < 1.29 is 14.3 Å². The van der Waals surface area contributed by atoms with Crippen molar-refractivity contribution in [2.24, 2.45) is 0 Å². The first kappa shape index (κ1) is 20.3. The van der Waals surface area contributed by atoms with Crippen LogP contribution in [0.3, 0.4) is 0 Å². The minimum absolute atomic E-state index is 0.0320. The number of carbonyl (C=O) groups excluding carboxylic acids is 2. The van der Waals surface area contributed by atoms with Crippen LogP contribution in [0.5, 0.6) is 0 Å². The monoisotopic (exact) mass is 401 g/mol. The summed E-state index contributed by atoms with van der Waals surface area (Å²) in [4.78, 5) is 26.1. The molecule has 2 aromatic rings. The van der Waals surface area contributed by atoms with Crippen molar-refractivity contribution in [1.82, 2.24) is 15.5 Å². The van der Waals surface area contributed by atoms with Crippen LogP contribution in [0, 0.1) is 0 Å². The van der Waals surface area contributed by atoms with Crippen LogP contribution in [0.15, 0.2) is 54.6 Å². The molecule has 7 heteroatoms. The van der Waals surface area contributed by atoms with Crippen LogP contribution in [-0.4, -0.2) is 49.5 Å². The maximum atomic E-state index is 12.0. The highest BCUT2D eigenvalue weighted by atomic mass is 35.5. The summed E-state index contributed by atoms with van der Waals surface area (Å²) in [7, 11) is 0. The number of hydrogen-bond acceptors (Lipinski definition) is 4. The second-order valence-electron chi connectivity index (χ2n) is 6.60. The Labute approximate surface area is 169 Å². The standard InChI is InChI=1S/C21H24ClN3O3/c22-18-9-5-4-8-17(18)14-24-21(27)20(26)23-10-11-25-12-13-28-19(15-25)16-6-2-1-3-7-16/h1-9,19H,10-15H2,(H,23,26)(H,24,27). The van der Waals surface area contributed by atoms with E-state index in [1.165, 1.54) is 0 Å². The van der Waals surface area contributed by atoms with Crippen molar-refractivity contribution in [2.75, 3.05) is 32.8 Å². The number of benzene rings is 2. The van der Waals surface area contributed by atoms with Crippen LogP contribution < -0.4 is 10.6 Å². The second-order valence-corrected chi connectivity index (χ2v) is 7.01. The van der Waals surface area contributed by atoms with Crippen molar-refractivity contribution >= 4 is 23.4 Å². The Morgan fingerprint density at radius 1 is 1.04 bits per heavy atom. The summed E-state index contributed by atoms with van der Waals surface area (Å²) in [6.45, 7) is 3.49. The van der Waals surface area contributed by atoms with Crippen molar-refractivity contribution in [1.29, 1.82) is 0 Å². The molecular weight excluding hydrogens is 378 g/mol. The molecule has 0 spiro atoms. The molecule has 2 aromatic carbocycles. The maximum Gasteiger partial charge on any atom is 0.309 e. The molecule has 1 saturated heterocycles. The maximum absolute atomic E-state index is 12.0. The Morgan fingerprint density at radius 3 is 2.54 bits per heavy atom. The molecule has 2 amide bonds. The van der Waals surface area contributed by atoms with Crippen molar-refractivity contribution in [3.63, 3.8) is 0 Å². The van der Waals surface area contributed by atoms with Crippen molar-refractivity contribution in [3.05, 3.63) is 70.7 Å². The number of hydrogen-bond donors (Lipinski definition) is 2. The van der Waals surface area contributed by atoms with Gasteiger partial charge in [-0.1, -0.05) is 60.1 Å². The predicted molar refractivity (Wildman–Crippen MR) is 108 cm³/mol. The zero-order valence-electron chi connectivity index (χ0n) is 15.6. The van der Waals surface area contributed by atoms with Gasteiger partial charge in [-0.25, -0.2) is 0 Å². The second kappa shape index (κ2) is 10.2. The van der Waals surface area contributed by atoms with E-state index in [-0.39, 0.29) is 12.6 Å². The lowest BCUT2D eigenvalue weighted by molar-refractivity contribution is -0.139. The van der Waals surface area contributed by atoms with Gasteiger partial charge in [0, 0.05) is 37.7 Å². The van der Waals surface area contributed by atoms with E-state index in [9.17, 15) is 9.59 Å². The third kappa shape index (κ3) is 5.79. The fourth-order valence-electron chi connectivity index (χ4n) is 3.08. The summed E-state index contributed by atoms with van der Waals surface area (Å²) >= 11 is 6.05. The van der Waals surface area contributed by atoms with E-state index < -0.39 is 11.8 Å². The van der Waals surface area contributed by atoms with E-state index in [0.717, 1.165) is 24.2 Å². The Morgan fingerprint density at radius 2 is 1.75 bits per heavy atom. The van der Waals surface area contributed by atoms with Crippen LogP contribution in [0.1, 0.15) is 17.2 Å². The molecule has 1 fully saturated rings. The summed E-state index contributed by atoms with van der Waals surface area (Å²) in [6, 6.07) is 17.3. The number of ether oxygens (including phenoxy) is 1. The van der Waals surface area contributed by atoms with E-state index in [1.807, 2.05) is 36.4 Å². The Kier molecular flexibility index (Phi) is 7.42. The van der Waals surface area contributed by atoms with Gasteiger partial charge in [0.15, 0.2) is 0 Å². The number of halogens is 1. The number of nitrogens with one attached hydrogen (secondary N) is 2. The van der Waals surface area contributed by atoms with Gasteiger partial charge in [-0.15, -0.1) is 0 Å². The Bertz CT molecular complexity index is 800. The normalized spacial score (nSPS) is 17.1. The van der Waals surface area contributed by atoms with E-state index in [2.05, 4.69) is 27.7 Å². The lowest BCUT2D eigenvalue weighted by Gasteiger charge is -2.33. The van der Waals surface area contributed by atoms with Crippen LogP contribution in [0.25, 0.3) is 0 Å². The number of nitrogens with zero attached hydrogens (tertiary/aromatic N) is 1. The molecule has 0 saturated carbocycles. The molecule has 0 bridgehead atoms. The molecule has 1 aliphatic heterocycles. The average Bonchev–Trinajstić information content (AvgIpc) is 2.73. The number of amides is 2. The van der Waals surface area contributed by atoms with Gasteiger partial charge in [0.2, 0.25) is 0 Å². The molecule has 1 heterocycles. The number of rotatable bonds is 6. The minimum atomic E-state index is -0.663. The third-order valence-electron chi connectivity index (χ3n) is 4.64. The molecule has 1 unspecified atom stereocenters. The Hall–Kier alpha value is -2.41. The number of morpholine rings is 1. The molecule has 0 aromatic heterocycles. The molecule has 3 rings (SSSR count). The van der Waals surface area contributed by atoms with Crippen LogP contribution in [0.4, 0.5) is 0 Å². The van der Waals surface area contributed by atoms with E-state index in [0.29, 0.717) is 24.7 Å². The van der Waals surface area contributed by atoms with Gasteiger partial charge >= 0.3 is 11.8 Å². The summed E-state index contributed by atoms with van der Waals surface area (Å²) in [5, 5.41) is 5.82. The zero-order chi connectivity index (χ0) is 19.8. The molecule has 148 valence electrons. The first-order valence-electron chi connectivity index (χ1n) is 9.32. The minimum Gasteiger partial charge on any atom is -0.371 e. The quantitative estimate of drug-likeness (QED) is 0.727. The van der Waals surface area contributed by atoms with E-state index in [1.54, 1.807) is 6.07 Å². The molecule has 0 radical (unpaired) electrons. The summed E-state index contributed by atoms with van der Waals surface area (Å²) < 4.78 is 5.84. The highest BCUT2D eigenvalue weighted by Crippen LogP contribution is 2.21. The lowest BCUT2D eigenvalue weighted by atomic mass is 10.1. The summed E-state index contributed by atoms with van der Waals surface area (Å²) in [5.74, 6) is -1.30. The van der Waals surface area contributed by atoms with Gasteiger partial charge in [-0.05, 0) is 17.2 Å². The Balaban J connectivity index is 1.38. The highest BCUT2D eigenvalue weighted by Gasteiger charge is 2.22. The fraction of sp³-hybridized carbons (Fsp3) is 0.333. The largest absolute Gasteiger partial charge is 0.371 e. The SMILES string of the molecule is O=C(NCCN1CCOC(c2ccccc2)C1)C(=O)NCc1ccccc1Cl. The van der Waals surface area contributed by atoms with Gasteiger partial charge < -0.3 is 15.4 Å². The molecule has 28 heavy (non-hydrogen) atoms. The van der Waals surface area contributed by atoms with Crippen molar-refractivity contribution in [2.45, 2.75) is 12.6 Å². The van der Waals surface area contributed by atoms with Crippen LogP contribution in [-0.2, 0) is 20.9 Å². The zero-order valence-corrected chi connectivity index (χ0v) is 16.3. The summed E-state index contributed by atoms with van der Waals surface area (Å²) in [5.41, 5.74) is 1.92. The molecule has 2 N–H and O–H groups in total. The first-order valence-corrected chi connectivity index (χ1v) is 9.69. The smallest absolute Gasteiger partial charge is 0.309 e. The van der Waals surface area contributed by atoms with Crippen LogP contribution >= 0.6 is 11.6 Å². The topological polar surface area (TPSA) is 70.7 Å². The third-order valence-corrected chi connectivity index (χ3v) is 5.01. The van der Waals surface area contributed by atoms with Gasteiger partial charge in [0.1, 0.15) is 0 Å². The van der Waals surface area contributed by atoms with Crippen molar-refractivity contribution in [3.8, 4) is 0 Å². The van der Waals surface area contributed by atoms with Crippen LogP contribution in [0.2, 0.25) is 5.02 Å². The molecule has 1 atom stereocenters. The van der Waals surface area contributed by atoms with Gasteiger partial charge in [0.05, 0.1) is 12.7 Å². The summed E-state index contributed by atoms with van der Waals surface area (Å²) in [6.07, 6.45) is 0.0320. The number of carbonyl (C=O) groups is 2. The molecule has 0 aliphatic carbocycles. The van der Waals surface area contributed by atoms with E-state index in [4.69, 9.17) is 16.3 Å². The molecule has 6 nitrogen and oxygen atoms in total. The molecule has 1 aliphatic rings. The van der Waals surface area contributed by atoms with Gasteiger partial charge in [-0.2, -0.15) is 0 Å². The average molecular weight is 402 g/mol. The fourth-order valence-corrected chi connectivity index (χ4v) is 3.28. The van der Waals surface area contributed by atoms with Gasteiger partial charge in [-0.3, -0.25) is 14.5 Å². The van der Waals surface area contributed by atoms with Gasteiger partial charge in [0.25, 0.3) is 0 Å². The highest BCUT2D eigenvalue weighted by molar-refractivity contribution is 6.35. The lowest BCUT2D eigenvalue weighted by Crippen LogP contribution is -2.45. The first-order chi connectivity index (χ1) is 13.6. The molecular formula is C21H24ClN3O3.